The Balaban J connectivity index is 2.07. The zero-order valence-corrected chi connectivity index (χ0v) is 14.3. The summed E-state index contributed by atoms with van der Waals surface area (Å²) < 4.78 is 1.19. The summed E-state index contributed by atoms with van der Waals surface area (Å²) in [5.41, 5.74) is 5.51. The van der Waals surface area contributed by atoms with Crippen LogP contribution >= 0.6 is 27.3 Å². The molecular weight excluding hydrogens is 318 g/mol. The number of hydrogen-bond acceptors (Lipinski definition) is 2. The SMILES string of the molecule is Cc1cc(C)c(C(C)NCc2ccc(Br)s2)cc1C. The third-order valence-electron chi connectivity index (χ3n) is 3.56. The predicted octanol–water partition coefficient (Wildman–Crippen LogP) is 5.29. The summed E-state index contributed by atoms with van der Waals surface area (Å²) in [5.74, 6) is 0. The molecule has 1 nitrogen and oxygen atoms in total. The van der Waals surface area contributed by atoms with Gasteiger partial charge in [-0.15, -0.1) is 11.3 Å². The van der Waals surface area contributed by atoms with Crippen molar-refractivity contribution in [2.45, 2.75) is 40.3 Å². The Morgan fingerprint density at radius 1 is 1.11 bits per heavy atom. The summed E-state index contributed by atoms with van der Waals surface area (Å²) in [7, 11) is 0. The molecule has 1 aromatic carbocycles. The van der Waals surface area contributed by atoms with Crippen molar-refractivity contribution < 1.29 is 0 Å². The quantitative estimate of drug-likeness (QED) is 0.799. The summed E-state index contributed by atoms with van der Waals surface area (Å²) in [4.78, 5) is 1.36. The Bertz CT molecular complexity index is 574. The highest BCUT2D eigenvalue weighted by Crippen LogP contribution is 2.24. The lowest BCUT2D eigenvalue weighted by Crippen LogP contribution is -2.18. The van der Waals surface area contributed by atoms with Gasteiger partial charge in [-0.3, -0.25) is 0 Å². The van der Waals surface area contributed by atoms with E-state index in [0.717, 1.165) is 6.54 Å². The maximum absolute atomic E-state index is 3.61. The highest BCUT2D eigenvalue weighted by molar-refractivity contribution is 9.11. The van der Waals surface area contributed by atoms with Crippen LogP contribution in [0, 0.1) is 20.8 Å². The molecule has 0 amide bonds. The number of rotatable bonds is 4. The molecule has 1 atom stereocenters. The van der Waals surface area contributed by atoms with E-state index in [1.807, 2.05) is 0 Å². The molecule has 0 spiro atoms. The van der Waals surface area contributed by atoms with E-state index in [-0.39, 0.29) is 0 Å². The molecule has 1 N–H and O–H groups in total. The van der Waals surface area contributed by atoms with Gasteiger partial charge in [0, 0.05) is 17.5 Å². The van der Waals surface area contributed by atoms with Gasteiger partial charge >= 0.3 is 0 Å². The number of nitrogens with one attached hydrogen (secondary N) is 1. The topological polar surface area (TPSA) is 12.0 Å². The lowest BCUT2D eigenvalue weighted by atomic mass is 9.96. The molecule has 0 aliphatic heterocycles. The molecule has 1 heterocycles. The predicted molar refractivity (Wildman–Crippen MR) is 87.9 cm³/mol. The molecular formula is C16H20BrNS. The highest BCUT2D eigenvalue weighted by atomic mass is 79.9. The Morgan fingerprint density at radius 2 is 1.79 bits per heavy atom. The smallest absolute Gasteiger partial charge is 0.0701 e. The Labute approximate surface area is 128 Å². The average Bonchev–Trinajstić information content (AvgIpc) is 2.77. The van der Waals surface area contributed by atoms with Crippen molar-refractivity contribution in [1.29, 1.82) is 0 Å². The Kier molecular flexibility index (Phi) is 4.82. The molecule has 0 bridgehead atoms. The standard InChI is InChI=1S/C16H20BrNS/c1-10-7-12(3)15(8-11(10)2)13(4)18-9-14-5-6-16(17)19-14/h5-8,13,18H,9H2,1-4H3. The van der Waals surface area contributed by atoms with E-state index < -0.39 is 0 Å². The monoisotopic (exact) mass is 337 g/mol. The van der Waals surface area contributed by atoms with Gasteiger partial charge in [-0.25, -0.2) is 0 Å². The molecule has 2 aromatic rings. The molecule has 0 aliphatic rings. The van der Waals surface area contributed by atoms with E-state index in [9.17, 15) is 0 Å². The summed E-state index contributed by atoms with van der Waals surface area (Å²) >= 11 is 5.29. The van der Waals surface area contributed by atoms with E-state index in [1.165, 1.54) is 30.9 Å². The summed E-state index contributed by atoms with van der Waals surface area (Å²) in [6.45, 7) is 9.71. The minimum Gasteiger partial charge on any atom is -0.305 e. The van der Waals surface area contributed by atoms with E-state index in [1.54, 1.807) is 11.3 Å². The van der Waals surface area contributed by atoms with Crippen LogP contribution in [0.4, 0.5) is 0 Å². The van der Waals surface area contributed by atoms with Crippen LogP contribution in [0.3, 0.4) is 0 Å². The van der Waals surface area contributed by atoms with Gasteiger partial charge in [-0.2, -0.15) is 0 Å². The average molecular weight is 338 g/mol. The molecule has 0 fully saturated rings. The van der Waals surface area contributed by atoms with Crippen LogP contribution in [0.5, 0.6) is 0 Å². The summed E-state index contributed by atoms with van der Waals surface area (Å²) in [6.07, 6.45) is 0. The first kappa shape index (κ1) is 14.8. The second-order valence-corrected chi connectivity index (χ2v) is 7.65. The molecule has 19 heavy (non-hydrogen) atoms. The van der Waals surface area contributed by atoms with Gasteiger partial charge in [0.25, 0.3) is 0 Å². The Morgan fingerprint density at radius 3 is 2.42 bits per heavy atom. The van der Waals surface area contributed by atoms with Crippen molar-refractivity contribution in [2.24, 2.45) is 0 Å². The molecule has 102 valence electrons. The zero-order valence-electron chi connectivity index (χ0n) is 11.9. The van der Waals surface area contributed by atoms with Crippen molar-refractivity contribution >= 4 is 27.3 Å². The van der Waals surface area contributed by atoms with E-state index in [2.05, 4.69) is 73.2 Å². The van der Waals surface area contributed by atoms with Crippen LogP contribution in [0.2, 0.25) is 0 Å². The molecule has 0 saturated heterocycles. The normalized spacial score (nSPS) is 12.7. The van der Waals surface area contributed by atoms with Crippen molar-refractivity contribution in [3.63, 3.8) is 0 Å². The lowest BCUT2D eigenvalue weighted by molar-refractivity contribution is 0.576. The largest absolute Gasteiger partial charge is 0.305 e. The molecule has 0 aliphatic carbocycles. The van der Waals surface area contributed by atoms with Crippen LogP contribution in [0.1, 0.15) is 40.1 Å². The fraction of sp³-hybridized carbons (Fsp3) is 0.375. The van der Waals surface area contributed by atoms with Gasteiger partial charge in [0.1, 0.15) is 0 Å². The second-order valence-electron chi connectivity index (χ2n) is 5.10. The minimum absolute atomic E-state index is 0.375. The van der Waals surface area contributed by atoms with Gasteiger partial charge in [0.2, 0.25) is 0 Å². The van der Waals surface area contributed by atoms with Gasteiger partial charge < -0.3 is 5.32 Å². The van der Waals surface area contributed by atoms with Gasteiger partial charge in [-0.1, -0.05) is 12.1 Å². The van der Waals surface area contributed by atoms with Gasteiger partial charge in [-0.05, 0) is 78.0 Å². The van der Waals surface area contributed by atoms with Crippen molar-refractivity contribution in [3.05, 3.63) is 55.2 Å². The molecule has 1 unspecified atom stereocenters. The second kappa shape index (κ2) is 6.21. The van der Waals surface area contributed by atoms with E-state index in [0.29, 0.717) is 6.04 Å². The molecule has 0 saturated carbocycles. The fourth-order valence-electron chi connectivity index (χ4n) is 2.26. The van der Waals surface area contributed by atoms with Crippen molar-refractivity contribution in [3.8, 4) is 0 Å². The fourth-order valence-corrected chi connectivity index (χ4v) is 3.69. The van der Waals surface area contributed by atoms with Crippen LogP contribution in [0.15, 0.2) is 28.1 Å². The van der Waals surface area contributed by atoms with Gasteiger partial charge in [0.15, 0.2) is 0 Å². The van der Waals surface area contributed by atoms with Gasteiger partial charge in [0.05, 0.1) is 3.79 Å². The number of halogens is 1. The lowest BCUT2D eigenvalue weighted by Gasteiger charge is -2.18. The van der Waals surface area contributed by atoms with Crippen molar-refractivity contribution in [1.82, 2.24) is 5.32 Å². The van der Waals surface area contributed by atoms with E-state index >= 15 is 0 Å². The first-order valence-corrected chi connectivity index (χ1v) is 8.13. The number of thiophene rings is 1. The minimum atomic E-state index is 0.375. The molecule has 0 radical (unpaired) electrons. The number of aryl methyl sites for hydroxylation is 3. The summed E-state index contributed by atoms with van der Waals surface area (Å²) in [5, 5.41) is 3.61. The Hall–Kier alpha value is -0.640. The highest BCUT2D eigenvalue weighted by Gasteiger charge is 2.10. The van der Waals surface area contributed by atoms with E-state index in [4.69, 9.17) is 0 Å². The van der Waals surface area contributed by atoms with Crippen molar-refractivity contribution in [2.75, 3.05) is 0 Å². The first-order valence-electron chi connectivity index (χ1n) is 6.52. The summed E-state index contributed by atoms with van der Waals surface area (Å²) in [6, 6.07) is 9.24. The first-order chi connectivity index (χ1) is 8.97. The molecule has 3 heteroatoms. The molecule has 1 aromatic heterocycles. The maximum Gasteiger partial charge on any atom is 0.0701 e. The molecule has 2 rings (SSSR count). The number of benzene rings is 1. The third-order valence-corrected chi connectivity index (χ3v) is 5.18. The number of hydrogen-bond donors (Lipinski definition) is 1. The maximum atomic E-state index is 3.61. The van der Waals surface area contributed by atoms with Crippen LogP contribution in [-0.2, 0) is 6.54 Å². The van der Waals surface area contributed by atoms with Crippen LogP contribution < -0.4 is 5.32 Å². The third kappa shape index (κ3) is 3.68. The zero-order chi connectivity index (χ0) is 14.0. The van der Waals surface area contributed by atoms with Crippen LogP contribution in [-0.4, -0.2) is 0 Å². The van der Waals surface area contributed by atoms with Crippen LogP contribution in [0.25, 0.3) is 0 Å².